The summed E-state index contributed by atoms with van der Waals surface area (Å²) in [7, 11) is -3.57. The Bertz CT molecular complexity index is 561. The Labute approximate surface area is 138 Å². The van der Waals surface area contributed by atoms with E-state index in [1.54, 1.807) is 45.0 Å². The van der Waals surface area contributed by atoms with E-state index in [9.17, 15) is 9.36 Å². The molecule has 0 aromatic heterocycles. The summed E-state index contributed by atoms with van der Waals surface area (Å²) in [4.78, 5) is 12.1. The van der Waals surface area contributed by atoms with Crippen molar-refractivity contribution in [2.75, 3.05) is 6.61 Å². The number of ether oxygens (including phenoxy) is 1. The Hall–Kier alpha value is -1.36. The molecule has 7 heteroatoms. The van der Waals surface area contributed by atoms with E-state index in [0.717, 1.165) is 6.42 Å². The van der Waals surface area contributed by atoms with Gasteiger partial charge in [0, 0.05) is 6.04 Å². The summed E-state index contributed by atoms with van der Waals surface area (Å²) in [5.41, 5.74) is 0.215. The molecule has 6 nitrogen and oxygen atoms in total. The summed E-state index contributed by atoms with van der Waals surface area (Å²) in [5, 5.41) is 2.86. The van der Waals surface area contributed by atoms with Crippen molar-refractivity contribution in [2.45, 2.75) is 53.2 Å². The van der Waals surface area contributed by atoms with Gasteiger partial charge in [0.1, 0.15) is 11.3 Å². The minimum atomic E-state index is -3.57. The fraction of sp³-hybridized carbons (Fsp3) is 0.562. The molecular weight excluding hydrogens is 317 g/mol. The van der Waals surface area contributed by atoms with Gasteiger partial charge in [-0.1, -0.05) is 19.1 Å². The molecule has 1 N–H and O–H groups in total. The van der Waals surface area contributed by atoms with Gasteiger partial charge < -0.3 is 9.26 Å². The second kappa shape index (κ2) is 9.06. The first-order valence-corrected chi connectivity index (χ1v) is 9.37. The molecule has 1 rings (SSSR count). The fourth-order valence-corrected chi connectivity index (χ4v) is 3.40. The predicted octanol–water partition coefficient (Wildman–Crippen LogP) is 4.16. The van der Waals surface area contributed by atoms with Crippen LogP contribution >= 0.6 is 7.75 Å². The molecule has 0 aliphatic rings. The van der Waals surface area contributed by atoms with E-state index in [4.69, 9.17) is 13.8 Å². The molecule has 0 aliphatic heterocycles. The molecule has 130 valence electrons. The van der Waals surface area contributed by atoms with Gasteiger partial charge >= 0.3 is 13.7 Å². The third kappa shape index (κ3) is 6.34. The molecule has 0 amide bonds. The highest BCUT2D eigenvalue weighted by molar-refractivity contribution is 7.52. The van der Waals surface area contributed by atoms with Gasteiger partial charge in [0.25, 0.3) is 0 Å². The largest absolute Gasteiger partial charge is 0.459 e. The van der Waals surface area contributed by atoms with Crippen LogP contribution in [0.15, 0.2) is 24.3 Å². The third-order valence-corrected chi connectivity index (χ3v) is 4.75. The van der Waals surface area contributed by atoms with Crippen LogP contribution in [0.25, 0.3) is 0 Å². The topological polar surface area (TPSA) is 73.9 Å². The maximum Gasteiger partial charge on any atom is 0.458 e. The standard InChI is InChI=1S/C16H26NO5P/c1-6-13(5)17-23(19,20-7-2)22-15-11-9-8-10-14(15)16(18)21-12(3)4/h8-13H,6-7H2,1-5H3,(H,17,19). The summed E-state index contributed by atoms with van der Waals surface area (Å²) in [6.45, 7) is 9.32. The van der Waals surface area contributed by atoms with E-state index in [-0.39, 0.29) is 30.1 Å². The average Bonchev–Trinajstić information content (AvgIpc) is 2.46. The molecule has 1 aromatic carbocycles. The van der Waals surface area contributed by atoms with E-state index in [1.165, 1.54) is 0 Å². The normalized spacial score (nSPS) is 15.0. The van der Waals surface area contributed by atoms with Crippen molar-refractivity contribution in [1.29, 1.82) is 0 Å². The number of hydrogen-bond donors (Lipinski definition) is 1. The highest BCUT2D eigenvalue weighted by atomic mass is 31.2. The number of rotatable bonds is 9. The zero-order valence-corrected chi connectivity index (χ0v) is 15.3. The first-order valence-electron chi connectivity index (χ1n) is 7.83. The number of esters is 1. The molecule has 0 fully saturated rings. The number of benzene rings is 1. The molecule has 0 radical (unpaired) electrons. The summed E-state index contributed by atoms with van der Waals surface area (Å²) >= 11 is 0. The lowest BCUT2D eigenvalue weighted by atomic mass is 10.2. The van der Waals surface area contributed by atoms with Crippen LogP contribution in [0, 0.1) is 0 Å². The lowest BCUT2D eigenvalue weighted by Crippen LogP contribution is -2.26. The Morgan fingerprint density at radius 3 is 2.43 bits per heavy atom. The van der Waals surface area contributed by atoms with E-state index in [2.05, 4.69) is 5.09 Å². The Morgan fingerprint density at radius 1 is 1.22 bits per heavy atom. The summed E-state index contributed by atoms with van der Waals surface area (Å²) in [6.07, 6.45) is 0.504. The van der Waals surface area contributed by atoms with Crippen molar-refractivity contribution in [1.82, 2.24) is 5.09 Å². The van der Waals surface area contributed by atoms with Crippen LogP contribution < -0.4 is 9.61 Å². The van der Waals surface area contributed by atoms with Crippen LogP contribution in [-0.2, 0) is 13.8 Å². The van der Waals surface area contributed by atoms with Crippen LogP contribution in [-0.4, -0.2) is 24.7 Å². The quantitative estimate of drug-likeness (QED) is 0.536. The Balaban J connectivity index is 3.05. The number of carbonyl (C=O) groups is 1. The molecule has 0 bridgehead atoms. The van der Waals surface area contributed by atoms with E-state index in [1.807, 2.05) is 13.8 Å². The average molecular weight is 343 g/mol. The van der Waals surface area contributed by atoms with Gasteiger partial charge in [-0.05, 0) is 46.2 Å². The van der Waals surface area contributed by atoms with Crippen LogP contribution in [0.1, 0.15) is 51.4 Å². The highest BCUT2D eigenvalue weighted by Crippen LogP contribution is 2.45. The number of para-hydroxylation sites is 1. The molecule has 1 aromatic rings. The first-order chi connectivity index (χ1) is 10.8. The van der Waals surface area contributed by atoms with Crippen molar-refractivity contribution in [2.24, 2.45) is 0 Å². The molecule has 0 heterocycles. The zero-order chi connectivity index (χ0) is 17.5. The lowest BCUT2D eigenvalue weighted by molar-refractivity contribution is 0.0376. The van der Waals surface area contributed by atoms with Crippen molar-refractivity contribution in [3.63, 3.8) is 0 Å². The fourth-order valence-electron chi connectivity index (χ4n) is 1.74. The van der Waals surface area contributed by atoms with Crippen LogP contribution in [0.5, 0.6) is 5.75 Å². The van der Waals surface area contributed by atoms with Crippen molar-refractivity contribution >= 4 is 13.7 Å². The van der Waals surface area contributed by atoms with Gasteiger partial charge in [0.05, 0.1) is 12.7 Å². The van der Waals surface area contributed by atoms with E-state index in [0.29, 0.717) is 0 Å². The van der Waals surface area contributed by atoms with Crippen molar-refractivity contribution in [3.8, 4) is 5.75 Å². The molecular formula is C16H26NO5P. The van der Waals surface area contributed by atoms with Gasteiger partial charge in [-0.15, -0.1) is 0 Å². The van der Waals surface area contributed by atoms with Gasteiger partial charge in [0.15, 0.2) is 0 Å². The number of carbonyl (C=O) groups excluding carboxylic acids is 1. The second-order valence-corrected chi connectivity index (χ2v) is 7.09. The molecule has 0 spiro atoms. The van der Waals surface area contributed by atoms with E-state index >= 15 is 0 Å². The SMILES string of the molecule is CCOP(=O)(NC(C)CC)Oc1ccccc1C(=O)OC(C)C. The molecule has 0 aliphatic carbocycles. The van der Waals surface area contributed by atoms with Crippen molar-refractivity contribution in [3.05, 3.63) is 29.8 Å². The third-order valence-electron chi connectivity index (χ3n) is 2.96. The molecule has 0 saturated heterocycles. The predicted molar refractivity (Wildman–Crippen MR) is 89.7 cm³/mol. The summed E-state index contributed by atoms with van der Waals surface area (Å²) in [5.74, 6) is -0.354. The summed E-state index contributed by atoms with van der Waals surface area (Å²) in [6, 6.07) is 6.47. The highest BCUT2D eigenvalue weighted by Gasteiger charge is 2.29. The lowest BCUT2D eigenvalue weighted by Gasteiger charge is -2.23. The smallest absolute Gasteiger partial charge is 0.458 e. The summed E-state index contributed by atoms with van der Waals surface area (Å²) < 4.78 is 28.9. The zero-order valence-electron chi connectivity index (χ0n) is 14.4. The Kier molecular flexibility index (Phi) is 7.76. The number of nitrogens with one attached hydrogen (secondary N) is 1. The van der Waals surface area contributed by atoms with Gasteiger partial charge in [-0.3, -0.25) is 4.52 Å². The van der Waals surface area contributed by atoms with Gasteiger partial charge in [-0.25, -0.2) is 14.4 Å². The molecule has 2 atom stereocenters. The maximum absolute atomic E-state index is 12.8. The van der Waals surface area contributed by atoms with Gasteiger partial charge in [-0.2, -0.15) is 0 Å². The maximum atomic E-state index is 12.8. The van der Waals surface area contributed by atoms with Crippen LogP contribution in [0.4, 0.5) is 0 Å². The molecule has 0 saturated carbocycles. The number of hydrogen-bond acceptors (Lipinski definition) is 5. The Morgan fingerprint density at radius 2 is 1.87 bits per heavy atom. The monoisotopic (exact) mass is 343 g/mol. The van der Waals surface area contributed by atoms with E-state index < -0.39 is 13.7 Å². The molecule has 2 unspecified atom stereocenters. The minimum absolute atomic E-state index is 0.0536. The van der Waals surface area contributed by atoms with Gasteiger partial charge in [0.2, 0.25) is 0 Å². The minimum Gasteiger partial charge on any atom is -0.459 e. The van der Waals surface area contributed by atoms with Crippen LogP contribution in [0.3, 0.4) is 0 Å². The molecule has 23 heavy (non-hydrogen) atoms. The second-order valence-electron chi connectivity index (χ2n) is 5.40. The van der Waals surface area contributed by atoms with Crippen LogP contribution in [0.2, 0.25) is 0 Å². The first kappa shape index (κ1) is 19.7. The van der Waals surface area contributed by atoms with Crippen molar-refractivity contribution < 1.29 is 23.1 Å².